The van der Waals surface area contributed by atoms with Gasteiger partial charge in [0.1, 0.15) is 25.6 Å². The molecule has 230 valence electrons. The Hall–Kier alpha value is -4.81. The number of Topliss-reactive ketones (excluding diaryl/α,β-unsaturated/α-hetero) is 1. The lowest BCUT2D eigenvalue weighted by molar-refractivity contribution is -0.132. The Balaban J connectivity index is 1.43. The molecule has 2 aliphatic rings. The van der Waals surface area contributed by atoms with Gasteiger partial charge in [0, 0.05) is 11.3 Å². The molecule has 0 saturated carbocycles. The summed E-state index contributed by atoms with van der Waals surface area (Å²) in [6.45, 7) is 6.91. The molecule has 12 heteroatoms. The predicted molar refractivity (Wildman–Crippen MR) is 171 cm³/mol. The van der Waals surface area contributed by atoms with Gasteiger partial charge >= 0.3 is 5.91 Å². The molecule has 10 nitrogen and oxygen atoms in total. The summed E-state index contributed by atoms with van der Waals surface area (Å²) in [6.07, 6.45) is 1.62. The second kappa shape index (κ2) is 13.4. The summed E-state index contributed by atoms with van der Waals surface area (Å²) in [5.41, 5.74) is 1.82. The van der Waals surface area contributed by atoms with E-state index in [0.29, 0.717) is 64.0 Å². The molecular formula is C33H29N3O7S2. The number of rotatable bonds is 11. The Bertz CT molecular complexity index is 1770. The number of anilines is 1. The topological polar surface area (TPSA) is 120 Å². The van der Waals surface area contributed by atoms with Crippen LogP contribution in [0.5, 0.6) is 23.0 Å². The van der Waals surface area contributed by atoms with Crippen LogP contribution in [0.3, 0.4) is 0 Å². The summed E-state index contributed by atoms with van der Waals surface area (Å²) < 4.78 is 23.6. The molecule has 3 heterocycles. The van der Waals surface area contributed by atoms with Crippen molar-refractivity contribution in [3.05, 3.63) is 102 Å². The molecule has 1 amide bonds. The highest BCUT2D eigenvalue weighted by Gasteiger charge is 2.48. The Labute approximate surface area is 267 Å². The van der Waals surface area contributed by atoms with E-state index in [-0.39, 0.29) is 23.1 Å². The molecule has 3 aromatic carbocycles. The average Bonchev–Trinajstić information content (AvgIpc) is 3.64. The third kappa shape index (κ3) is 6.24. The van der Waals surface area contributed by atoms with Gasteiger partial charge in [-0.2, -0.15) is 0 Å². The highest BCUT2D eigenvalue weighted by molar-refractivity contribution is 8.00. The zero-order valence-corrected chi connectivity index (χ0v) is 25.9. The maximum atomic E-state index is 13.7. The van der Waals surface area contributed by atoms with Crippen LogP contribution in [-0.4, -0.2) is 53.4 Å². The molecule has 1 aromatic heterocycles. The van der Waals surface area contributed by atoms with Crippen LogP contribution in [0.1, 0.15) is 29.7 Å². The fraction of sp³-hybridized carbons (Fsp3) is 0.212. The van der Waals surface area contributed by atoms with Gasteiger partial charge in [0.05, 0.1) is 18.2 Å². The molecular weight excluding hydrogens is 615 g/mol. The number of ether oxygens (including phenoxy) is 4. The first-order valence-electron chi connectivity index (χ1n) is 14.2. The molecule has 1 fully saturated rings. The summed E-state index contributed by atoms with van der Waals surface area (Å²) in [5, 5.41) is 20.5. The van der Waals surface area contributed by atoms with Crippen molar-refractivity contribution in [3.8, 4) is 23.0 Å². The fourth-order valence-electron chi connectivity index (χ4n) is 5.00. The number of amides is 1. The number of fused-ring (bicyclic) bond motifs is 1. The van der Waals surface area contributed by atoms with E-state index >= 15 is 0 Å². The summed E-state index contributed by atoms with van der Waals surface area (Å²) >= 11 is 2.67. The summed E-state index contributed by atoms with van der Waals surface area (Å²) in [5.74, 6) is 0.462. The van der Waals surface area contributed by atoms with E-state index in [2.05, 4.69) is 16.8 Å². The fourth-order valence-corrected chi connectivity index (χ4v) is 6.82. The Morgan fingerprint density at radius 3 is 2.62 bits per heavy atom. The minimum absolute atomic E-state index is 0.104. The highest BCUT2D eigenvalue weighted by atomic mass is 32.2. The van der Waals surface area contributed by atoms with Crippen molar-refractivity contribution in [3.63, 3.8) is 0 Å². The van der Waals surface area contributed by atoms with Crippen LogP contribution in [0.4, 0.5) is 5.13 Å². The third-order valence-corrected chi connectivity index (χ3v) is 9.13. The minimum Gasteiger partial charge on any atom is -0.507 e. The standard InChI is InChI=1S/C33H29N3O7S2/c1-3-14-41-23-12-10-21(17-25(23)40-4-2)28-27(29(37)22-11-13-24-26(18-22)43-16-15-42-24)30(38)31(39)36(28)32-34-35-33(45-32)44-19-20-8-6-5-7-9-20/h3,5-13,17-18,28,37H,1,4,14-16,19H2,2H3/b29-27-. The molecule has 1 unspecified atom stereocenters. The van der Waals surface area contributed by atoms with Crippen molar-refractivity contribution in [2.24, 2.45) is 0 Å². The molecule has 0 radical (unpaired) electrons. The smallest absolute Gasteiger partial charge is 0.301 e. The lowest BCUT2D eigenvalue weighted by atomic mass is 9.95. The van der Waals surface area contributed by atoms with Crippen LogP contribution in [0.15, 0.2) is 89.3 Å². The van der Waals surface area contributed by atoms with E-state index in [0.717, 1.165) is 5.56 Å². The zero-order valence-electron chi connectivity index (χ0n) is 24.3. The second-order valence-electron chi connectivity index (χ2n) is 9.89. The van der Waals surface area contributed by atoms with Crippen LogP contribution in [0.2, 0.25) is 0 Å². The van der Waals surface area contributed by atoms with Crippen LogP contribution in [0, 0.1) is 0 Å². The number of hydrogen-bond donors (Lipinski definition) is 1. The summed E-state index contributed by atoms with van der Waals surface area (Å²) in [7, 11) is 0. The number of hydrogen-bond acceptors (Lipinski definition) is 11. The maximum Gasteiger partial charge on any atom is 0.301 e. The van der Waals surface area contributed by atoms with Gasteiger partial charge in [0.25, 0.3) is 5.78 Å². The van der Waals surface area contributed by atoms with E-state index in [1.807, 2.05) is 37.3 Å². The van der Waals surface area contributed by atoms with Gasteiger partial charge < -0.3 is 24.1 Å². The quantitative estimate of drug-likeness (QED) is 0.0506. The SMILES string of the molecule is C=CCOc1ccc(C2/C(=C(/O)c3ccc4c(c3)OCCO4)C(=O)C(=O)N2c2nnc(SCc3ccccc3)s2)cc1OCC. The van der Waals surface area contributed by atoms with Crippen molar-refractivity contribution in [1.29, 1.82) is 0 Å². The predicted octanol–water partition coefficient (Wildman–Crippen LogP) is 6.19. The third-order valence-electron chi connectivity index (χ3n) is 7.01. The van der Waals surface area contributed by atoms with Gasteiger partial charge in [-0.3, -0.25) is 14.5 Å². The number of thioether (sulfide) groups is 1. The second-order valence-corrected chi connectivity index (χ2v) is 12.1. The first-order chi connectivity index (χ1) is 22.0. The van der Waals surface area contributed by atoms with E-state index in [1.54, 1.807) is 42.5 Å². The van der Waals surface area contributed by atoms with Gasteiger partial charge in [0.2, 0.25) is 5.13 Å². The van der Waals surface area contributed by atoms with E-state index in [9.17, 15) is 14.7 Å². The Morgan fingerprint density at radius 2 is 1.84 bits per heavy atom. The lowest BCUT2D eigenvalue weighted by Crippen LogP contribution is -2.29. The number of carbonyl (C=O) groups is 2. The lowest BCUT2D eigenvalue weighted by Gasteiger charge is -2.24. The number of nitrogens with zero attached hydrogens (tertiary/aromatic N) is 3. The van der Waals surface area contributed by atoms with Crippen molar-refractivity contribution >= 4 is 45.7 Å². The first kappa shape index (κ1) is 30.2. The number of benzene rings is 3. The number of aliphatic hydroxyl groups is 1. The average molecular weight is 644 g/mol. The molecule has 1 atom stereocenters. The Kier molecular flexibility index (Phi) is 9.03. The molecule has 0 bridgehead atoms. The largest absolute Gasteiger partial charge is 0.507 e. The molecule has 0 aliphatic carbocycles. The molecule has 45 heavy (non-hydrogen) atoms. The van der Waals surface area contributed by atoms with Crippen molar-refractivity contribution in [2.75, 3.05) is 31.3 Å². The number of aliphatic hydroxyl groups excluding tert-OH is 1. The number of aromatic nitrogens is 2. The highest BCUT2D eigenvalue weighted by Crippen LogP contribution is 2.46. The van der Waals surface area contributed by atoms with E-state index < -0.39 is 17.7 Å². The Morgan fingerprint density at radius 1 is 1.04 bits per heavy atom. The molecule has 6 rings (SSSR count). The van der Waals surface area contributed by atoms with Crippen LogP contribution >= 0.6 is 23.1 Å². The van der Waals surface area contributed by atoms with Crippen LogP contribution in [-0.2, 0) is 15.3 Å². The molecule has 0 spiro atoms. The van der Waals surface area contributed by atoms with Gasteiger partial charge in [0.15, 0.2) is 27.3 Å². The van der Waals surface area contributed by atoms with Gasteiger partial charge in [-0.25, -0.2) is 0 Å². The van der Waals surface area contributed by atoms with Gasteiger partial charge in [-0.1, -0.05) is 72.2 Å². The van der Waals surface area contributed by atoms with Gasteiger partial charge in [-0.15, -0.1) is 10.2 Å². The van der Waals surface area contributed by atoms with E-state index in [4.69, 9.17) is 18.9 Å². The number of carbonyl (C=O) groups excluding carboxylic acids is 2. The summed E-state index contributed by atoms with van der Waals surface area (Å²) in [6, 6.07) is 18.9. The summed E-state index contributed by atoms with van der Waals surface area (Å²) in [4.78, 5) is 28.7. The molecule has 1 saturated heterocycles. The van der Waals surface area contributed by atoms with E-state index in [1.165, 1.54) is 28.0 Å². The molecule has 2 aliphatic heterocycles. The first-order valence-corrected chi connectivity index (χ1v) is 16.0. The van der Waals surface area contributed by atoms with Crippen LogP contribution < -0.4 is 23.8 Å². The van der Waals surface area contributed by atoms with Crippen molar-refractivity contribution < 1.29 is 33.6 Å². The van der Waals surface area contributed by atoms with Gasteiger partial charge in [-0.05, 0) is 48.4 Å². The normalized spacial score (nSPS) is 16.9. The number of ketones is 1. The monoisotopic (exact) mass is 643 g/mol. The minimum atomic E-state index is -1.04. The zero-order chi connectivity index (χ0) is 31.3. The van der Waals surface area contributed by atoms with Crippen LogP contribution in [0.25, 0.3) is 5.76 Å². The molecule has 4 aromatic rings. The molecule has 1 N–H and O–H groups in total. The van der Waals surface area contributed by atoms with Crippen molar-refractivity contribution in [2.45, 2.75) is 23.1 Å². The maximum absolute atomic E-state index is 13.7. The van der Waals surface area contributed by atoms with Crippen molar-refractivity contribution in [1.82, 2.24) is 10.2 Å².